The van der Waals surface area contributed by atoms with Crippen LogP contribution in [0.4, 0.5) is 5.82 Å². The van der Waals surface area contributed by atoms with Gasteiger partial charge in [0, 0.05) is 18.0 Å². The second kappa shape index (κ2) is 6.09. The van der Waals surface area contributed by atoms with Crippen LogP contribution in [0.5, 0.6) is 11.5 Å². The molecule has 0 saturated carbocycles. The third-order valence-corrected chi connectivity index (χ3v) is 3.56. The van der Waals surface area contributed by atoms with Crippen LogP contribution in [0.2, 0.25) is 0 Å². The molecular weight excluding hydrogens is 274 g/mol. The number of hydrogen-bond donors (Lipinski definition) is 1. The standard InChI is InChI=1S/C14H19N3O2S/c1-4-5-6-17-13(15)9-7-11(18-2)12(19-3)8-10(9)16-14(17)20/h7-8H,4-6,15H2,1-3H3. The minimum atomic E-state index is 0.496. The predicted molar refractivity (Wildman–Crippen MR) is 83.0 cm³/mol. The summed E-state index contributed by atoms with van der Waals surface area (Å²) < 4.78 is 12.9. The molecule has 2 rings (SSSR count). The average molecular weight is 293 g/mol. The molecule has 20 heavy (non-hydrogen) atoms. The second-order valence-electron chi connectivity index (χ2n) is 4.51. The van der Waals surface area contributed by atoms with E-state index in [4.69, 9.17) is 27.4 Å². The van der Waals surface area contributed by atoms with Gasteiger partial charge in [0.2, 0.25) is 4.77 Å². The summed E-state index contributed by atoms with van der Waals surface area (Å²) in [6.45, 7) is 2.90. The largest absolute Gasteiger partial charge is 0.493 e. The molecule has 1 aromatic heterocycles. The molecule has 2 aromatic rings. The van der Waals surface area contributed by atoms with Crippen LogP contribution in [0.3, 0.4) is 0 Å². The topological polar surface area (TPSA) is 62.3 Å². The highest BCUT2D eigenvalue weighted by molar-refractivity contribution is 7.71. The Hall–Kier alpha value is -1.82. The average Bonchev–Trinajstić information content (AvgIpc) is 2.46. The summed E-state index contributed by atoms with van der Waals surface area (Å²) in [5.41, 5.74) is 6.96. The molecule has 0 spiro atoms. The third-order valence-electron chi connectivity index (χ3n) is 3.25. The van der Waals surface area contributed by atoms with E-state index in [1.165, 1.54) is 0 Å². The maximum absolute atomic E-state index is 6.24. The molecule has 108 valence electrons. The molecule has 0 radical (unpaired) electrons. The highest BCUT2D eigenvalue weighted by Gasteiger charge is 2.12. The zero-order valence-electron chi connectivity index (χ0n) is 12.0. The molecule has 0 aliphatic heterocycles. The fraction of sp³-hybridized carbons (Fsp3) is 0.429. The van der Waals surface area contributed by atoms with E-state index in [-0.39, 0.29) is 0 Å². The van der Waals surface area contributed by atoms with Gasteiger partial charge in [0.05, 0.1) is 19.7 Å². The van der Waals surface area contributed by atoms with Crippen LogP contribution in [0.1, 0.15) is 19.8 Å². The minimum Gasteiger partial charge on any atom is -0.493 e. The van der Waals surface area contributed by atoms with Crippen LogP contribution < -0.4 is 15.2 Å². The monoisotopic (exact) mass is 293 g/mol. The fourth-order valence-electron chi connectivity index (χ4n) is 2.11. The smallest absolute Gasteiger partial charge is 0.201 e. The van der Waals surface area contributed by atoms with Crippen molar-refractivity contribution < 1.29 is 9.47 Å². The molecule has 0 fully saturated rings. The van der Waals surface area contributed by atoms with Gasteiger partial charge in [-0.15, -0.1) is 0 Å². The van der Waals surface area contributed by atoms with Gasteiger partial charge in [0.25, 0.3) is 0 Å². The highest BCUT2D eigenvalue weighted by Crippen LogP contribution is 2.33. The Morgan fingerprint density at radius 3 is 2.50 bits per heavy atom. The summed E-state index contributed by atoms with van der Waals surface area (Å²) in [4.78, 5) is 4.44. The van der Waals surface area contributed by atoms with Gasteiger partial charge in [0.15, 0.2) is 11.5 Å². The fourth-order valence-corrected chi connectivity index (χ4v) is 2.40. The first kappa shape index (κ1) is 14.6. The van der Waals surface area contributed by atoms with Crippen LogP contribution >= 0.6 is 12.2 Å². The lowest BCUT2D eigenvalue weighted by Gasteiger charge is -2.14. The van der Waals surface area contributed by atoms with Crippen molar-refractivity contribution >= 4 is 28.9 Å². The van der Waals surface area contributed by atoms with Crippen molar-refractivity contribution in [1.29, 1.82) is 0 Å². The number of unbranched alkanes of at least 4 members (excludes halogenated alkanes) is 1. The Labute approximate surface area is 123 Å². The van der Waals surface area contributed by atoms with Crippen LogP contribution in [0, 0.1) is 4.77 Å². The summed E-state index contributed by atoms with van der Waals surface area (Å²) in [5, 5.41) is 0.826. The van der Waals surface area contributed by atoms with Crippen molar-refractivity contribution in [2.24, 2.45) is 0 Å². The first-order valence-corrected chi connectivity index (χ1v) is 6.95. The Morgan fingerprint density at radius 1 is 1.25 bits per heavy atom. The molecule has 1 heterocycles. The van der Waals surface area contributed by atoms with E-state index in [1.54, 1.807) is 20.3 Å². The quantitative estimate of drug-likeness (QED) is 0.858. The van der Waals surface area contributed by atoms with E-state index >= 15 is 0 Å². The molecule has 0 aliphatic carbocycles. The zero-order valence-corrected chi connectivity index (χ0v) is 12.8. The lowest BCUT2D eigenvalue weighted by Crippen LogP contribution is -2.10. The second-order valence-corrected chi connectivity index (χ2v) is 4.87. The van der Waals surface area contributed by atoms with Crippen LogP contribution in [-0.4, -0.2) is 23.8 Å². The number of ether oxygens (including phenoxy) is 2. The van der Waals surface area contributed by atoms with E-state index in [2.05, 4.69) is 11.9 Å². The number of nitrogens with zero attached hydrogens (tertiary/aromatic N) is 2. The molecule has 0 atom stereocenters. The van der Waals surface area contributed by atoms with Crippen molar-refractivity contribution in [2.45, 2.75) is 26.3 Å². The third kappa shape index (κ3) is 2.56. The van der Waals surface area contributed by atoms with Gasteiger partial charge in [-0.1, -0.05) is 13.3 Å². The first-order chi connectivity index (χ1) is 9.62. The van der Waals surface area contributed by atoms with E-state index in [9.17, 15) is 0 Å². The van der Waals surface area contributed by atoms with Gasteiger partial charge in [0.1, 0.15) is 5.82 Å². The summed E-state index contributed by atoms with van der Waals surface area (Å²) >= 11 is 5.32. The summed E-state index contributed by atoms with van der Waals surface area (Å²) in [5.74, 6) is 1.87. The van der Waals surface area contributed by atoms with E-state index in [0.29, 0.717) is 22.1 Å². The van der Waals surface area contributed by atoms with Crippen LogP contribution in [0.25, 0.3) is 10.9 Å². The molecule has 0 aliphatic rings. The van der Waals surface area contributed by atoms with Crippen molar-refractivity contribution in [2.75, 3.05) is 20.0 Å². The zero-order chi connectivity index (χ0) is 14.7. The van der Waals surface area contributed by atoms with E-state index in [0.717, 1.165) is 30.3 Å². The normalized spacial score (nSPS) is 10.8. The Morgan fingerprint density at radius 2 is 1.90 bits per heavy atom. The van der Waals surface area contributed by atoms with Gasteiger partial charge in [-0.3, -0.25) is 0 Å². The molecule has 5 nitrogen and oxygen atoms in total. The van der Waals surface area contributed by atoms with Crippen molar-refractivity contribution in [3.8, 4) is 11.5 Å². The molecule has 0 saturated heterocycles. The highest BCUT2D eigenvalue weighted by atomic mass is 32.1. The number of nitrogens with two attached hydrogens (primary N) is 1. The Balaban J connectivity index is 2.68. The van der Waals surface area contributed by atoms with Crippen molar-refractivity contribution in [3.63, 3.8) is 0 Å². The first-order valence-electron chi connectivity index (χ1n) is 6.54. The molecular formula is C14H19N3O2S. The number of nitrogen functional groups attached to an aromatic ring is 1. The number of methoxy groups -OCH3 is 2. The molecule has 0 bridgehead atoms. The summed E-state index contributed by atoms with van der Waals surface area (Å²) in [6.07, 6.45) is 2.09. The van der Waals surface area contributed by atoms with Crippen molar-refractivity contribution in [3.05, 3.63) is 16.9 Å². The number of benzene rings is 1. The summed E-state index contributed by atoms with van der Waals surface area (Å²) in [7, 11) is 3.19. The number of aromatic nitrogens is 2. The predicted octanol–water partition coefficient (Wildman–Crippen LogP) is 3.17. The number of rotatable bonds is 5. The van der Waals surface area contributed by atoms with Gasteiger partial charge in [-0.05, 0) is 24.7 Å². The van der Waals surface area contributed by atoms with E-state index < -0.39 is 0 Å². The van der Waals surface area contributed by atoms with Gasteiger partial charge in [-0.25, -0.2) is 4.98 Å². The van der Waals surface area contributed by atoms with E-state index in [1.807, 2.05) is 10.6 Å². The molecule has 1 aromatic carbocycles. The molecule has 2 N–H and O–H groups in total. The maximum atomic E-state index is 6.24. The van der Waals surface area contributed by atoms with Crippen LogP contribution in [-0.2, 0) is 6.54 Å². The van der Waals surface area contributed by atoms with Gasteiger partial charge < -0.3 is 19.8 Å². The minimum absolute atomic E-state index is 0.496. The lowest BCUT2D eigenvalue weighted by molar-refractivity contribution is 0.355. The number of anilines is 1. The van der Waals surface area contributed by atoms with Crippen molar-refractivity contribution in [1.82, 2.24) is 9.55 Å². The van der Waals surface area contributed by atoms with Gasteiger partial charge >= 0.3 is 0 Å². The van der Waals surface area contributed by atoms with Gasteiger partial charge in [-0.2, -0.15) is 0 Å². The maximum Gasteiger partial charge on any atom is 0.201 e. The lowest BCUT2D eigenvalue weighted by atomic mass is 10.2. The Bertz CT molecular complexity index is 682. The molecule has 6 heteroatoms. The van der Waals surface area contributed by atoms with Crippen LogP contribution in [0.15, 0.2) is 12.1 Å². The summed E-state index contributed by atoms with van der Waals surface area (Å²) in [6, 6.07) is 3.64. The number of hydrogen-bond acceptors (Lipinski definition) is 5. The molecule has 0 amide bonds. The number of fused-ring (bicyclic) bond motifs is 1. The molecule has 0 unspecified atom stereocenters. The Kier molecular flexibility index (Phi) is 4.44. The SMILES string of the molecule is CCCCn1c(N)c2cc(OC)c(OC)cc2nc1=S.